The molecule has 11 heteroatoms. The van der Waals surface area contributed by atoms with Crippen molar-refractivity contribution < 1.29 is 14.2 Å². The van der Waals surface area contributed by atoms with Crippen molar-refractivity contribution in [2.45, 2.75) is 44.0 Å². The van der Waals surface area contributed by atoms with Gasteiger partial charge in [0.05, 0.1) is 19.2 Å². The van der Waals surface area contributed by atoms with Gasteiger partial charge in [-0.1, -0.05) is 31.5 Å². The minimum Gasteiger partial charge on any atom is -0.494 e. The normalized spacial score (nSPS) is 17.5. The highest BCUT2D eigenvalue weighted by atomic mass is 35.5. The second kappa shape index (κ2) is 10.6. The number of methoxy groups -OCH3 is 2. The van der Waals surface area contributed by atoms with Crippen molar-refractivity contribution in [3.05, 3.63) is 47.3 Å². The van der Waals surface area contributed by atoms with Crippen LogP contribution in [-0.4, -0.2) is 50.8 Å². The van der Waals surface area contributed by atoms with Crippen molar-refractivity contribution in [1.82, 2.24) is 24.7 Å². The van der Waals surface area contributed by atoms with Gasteiger partial charge in [-0.3, -0.25) is 9.29 Å². The molecule has 0 aliphatic carbocycles. The number of nitrogens with one attached hydrogen (secondary N) is 1. The molecule has 0 amide bonds. The third kappa shape index (κ3) is 5.02. The highest BCUT2D eigenvalue weighted by Gasteiger charge is 2.29. The summed E-state index contributed by atoms with van der Waals surface area (Å²) in [7, 11) is 3.26. The molecule has 2 unspecified atom stereocenters. The number of anilines is 1. The standard InChI is InChI=1S/C22H27ClN6O3S/c1-13(20-24-11-15(23)12-25-20)14(2)33-28-22-27-26-21(18-9-6-10-32-18)29(22)19-16(30-3)7-5-8-17(19)31-4/h5,7-8,11-14,18H,6,9-10H2,1-4H3,(H,27,28)/t13-,14?,18?/m0/s1. The van der Waals surface area contributed by atoms with E-state index in [1.165, 1.54) is 11.9 Å². The lowest BCUT2D eigenvalue weighted by atomic mass is 10.1. The number of halogens is 1. The van der Waals surface area contributed by atoms with Crippen molar-refractivity contribution in [2.75, 3.05) is 25.5 Å². The lowest BCUT2D eigenvalue weighted by molar-refractivity contribution is 0.103. The molecule has 0 saturated carbocycles. The Morgan fingerprint density at radius 1 is 1.15 bits per heavy atom. The van der Waals surface area contributed by atoms with Gasteiger partial charge < -0.3 is 14.2 Å². The maximum Gasteiger partial charge on any atom is 0.239 e. The zero-order valence-electron chi connectivity index (χ0n) is 19.0. The first-order valence-electron chi connectivity index (χ1n) is 10.7. The first-order valence-corrected chi connectivity index (χ1v) is 12.0. The van der Waals surface area contributed by atoms with Crippen molar-refractivity contribution in [1.29, 1.82) is 0 Å². The van der Waals surface area contributed by atoms with Gasteiger partial charge in [-0.05, 0) is 36.9 Å². The summed E-state index contributed by atoms with van der Waals surface area (Å²) in [5.74, 6) is 3.38. The molecule has 0 spiro atoms. The summed E-state index contributed by atoms with van der Waals surface area (Å²) in [6, 6.07) is 5.66. The number of aromatic nitrogens is 5. The van der Waals surface area contributed by atoms with Crippen molar-refractivity contribution >= 4 is 29.5 Å². The molecule has 9 nitrogen and oxygen atoms in total. The Morgan fingerprint density at radius 3 is 2.45 bits per heavy atom. The van der Waals surface area contributed by atoms with E-state index in [0.29, 0.717) is 34.9 Å². The molecule has 3 atom stereocenters. The zero-order valence-corrected chi connectivity index (χ0v) is 20.6. The van der Waals surface area contributed by atoms with Crippen LogP contribution in [0.4, 0.5) is 5.95 Å². The summed E-state index contributed by atoms with van der Waals surface area (Å²) in [5.41, 5.74) is 0.725. The van der Waals surface area contributed by atoms with E-state index in [1.54, 1.807) is 26.6 Å². The predicted octanol–water partition coefficient (Wildman–Crippen LogP) is 4.83. The average molecular weight is 491 g/mol. The zero-order chi connectivity index (χ0) is 23.4. The van der Waals surface area contributed by atoms with E-state index in [-0.39, 0.29) is 17.3 Å². The molecule has 4 rings (SSSR count). The second-order valence-electron chi connectivity index (χ2n) is 7.70. The van der Waals surface area contributed by atoms with Gasteiger partial charge in [0.15, 0.2) is 5.82 Å². The Kier molecular flexibility index (Phi) is 7.56. The number of hydrogen-bond acceptors (Lipinski definition) is 9. The lowest BCUT2D eigenvalue weighted by Gasteiger charge is -2.21. The summed E-state index contributed by atoms with van der Waals surface area (Å²) in [6.45, 7) is 4.88. The molecule has 3 heterocycles. The Bertz CT molecular complexity index is 1050. The quantitative estimate of drug-likeness (QED) is 0.423. The maximum atomic E-state index is 5.93. The topological polar surface area (TPSA) is 96.2 Å². The molecule has 1 saturated heterocycles. The molecule has 0 radical (unpaired) electrons. The maximum absolute atomic E-state index is 5.93. The fraction of sp³-hybridized carbons (Fsp3) is 0.455. The highest BCUT2D eigenvalue weighted by Crippen LogP contribution is 2.39. The Balaban J connectivity index is 1.65. The first-order chi connectivity index (χ1) is 16.0. The molecule has 1 aliphatic rings. The summed E-state index contributed by atoms with van der Waals surface area (Å²) < 4.78 is 22.5. The van der Waals surface area contributed by atoms with Crippen LogP contribution in [0, 0.1) is 0 Å². The van der Waals surface area contributed by atoms with Gasteiger partial charge in [0.25, 0.3) is 0 Å². The van der Waals surface area contributed by atoms with Crippen molar-refractivity contribution in [2.24, 2.45) is 0 Å². The van der Waals surface area contributed by atoms with E-state index < -0.39 is 0 Å². The van der Waals surface area contributed by atoms with E-state index in [1.807, 2.05) is 22.8 Å². The Morgan fingerprint density at radius 2 is 1.85 bits per heavy atom. The van der Waals surface area contributed by atoms with Crippen LogP contribution >= 0.6 is 23.5 Å². The highest BCUT2D eigenvalue weighted by molar-refractivity contribution is 8.01. The molecule has 1 fully saturated rings. The Hall–Kier alpha value is -2.56. The lowest BCUT2D eigenvalue weighted by Crippen LogP contribution is -2.15. The van der Waals surface area contributed by atoms with Crippen LogP contribution in [0.15, 0.2) is 30.6 Å². The van der Waals surface area contributed by atoms with Gasteiger partial charge in [0.1, 0.15) is 29.1 Å². The van der Waals surface area contributed by atoms with Gasteiger partial charge >= 0.3 is 0 Å². The van der Waals surface area contributed by atoms with E-state index >= 15 is 0 Å². The molecular formula is C22H27ClN6O3S. The van der Waals surface area contributed by atoms with Crippen LogP contribution in [0.2, 0.25) is 5.02 Å². The number of para-hydroxylation sites is 1. The van der Waals surface area contributed by atoms with Gasteiger partial charge in [0.2, 0.25) is 5.95 Å². The summed E-state index contributed by atoms with van der Waals surface area (Å²) in [4.78, 5) is 8.71. The van der Waals surface area contributed by atoms with Gasteiger partial charge in [-0.2, -0.15) is 0 Å². The van der Waals surface area contributed by atoms with Crippen molar-refractivity contribution in [3.8, 4) is 17.2 Å². The molecule has 1 aromatic carbocycles. The Labute approximate surface area is 202 Å². The number of nitrogens with zero attached hydrogens (tertiary/aromatic N) is 5. The van der Waals surface area contributed by atoms with Crippen LogP contribution in [-0.2, 0) is 4.74 Å². The summed E-state index contributed by atoms with van der Waals surface area (Å²) in [5, 5.41) is 9.57. The number of benzene rings is 1. The van der Waals surface area contributed by atoms with E-state index in [0.717, 1.165) is 24.4 Å². The van der Waals surface area contributed by atoms with Gasteiger partial charge in [0, 0.05) is 30.2 Å². The molecule has 2 aromatic heterocycles. The fourth-order valence-electron chi connectivity index (χ4n) is 3.64. The van der Waals surface area contributed by atoms with E-state index in [2.05, 4.69) is 38.7 Å². The molecule has 0 bridgehead atoms. The van der Waals surface area contributed by atoms with Crippen LogP contribution in [0.25, 0.3) is 5.69 Å². The summed E-state index contributed by atoms with van der Waals surface area (Å²) >= 11 is 7.45. The fourth-order valence-corrected chi connectivity index (χ4v) is 4.49. The predicted molar refractivity (Wildman–Crippen MR) is 129 cm³/mol. The van der Waals surface area contributed by atoms with Crippen LogP contribution in [0.5, 0.6) is 11.5 Å². The van der Waals surface area contributed by atoms with E-state index in [9.17, 15) is 0 Å². The molecule has 33 heavy (non-hydrogen) atoms. The average Bonchev–Trinajstić information content (AvgIpc) is 3.51. The van der Waals surface area contributed by atoms with Gasteiger partial charge in [-0.15, -0.1) is 10.2 Å². The number of rotatable bonds is 9. The number of hydrogen-bond donors (Lipinski definition) is 1. The molecule has 1 N–H and O–H groups in total. The largest absolute Gasteiger partial charge is 0.494 e. The molecule has 1 aliphatic heterocycles. The third-order valence-electron chi connectivity index (χ3n) is 5.62. The number of ether oxygens (including phenoxy) is 3. The summed E-state index contributed by atoms with van der Waals surface area (Å²) in [6.07, 6.45) is 4.94. The minimum atomic E-state index is -0.147. The third-order valence-corrected chi connectivity index (χ3v) is 6.89. The molecule has 3 aromatic rings. The molecule has 176 valence electrons. The van der Waals surface area contributed by atoms with Gasteiger partial charge in [-0.25, -0.2) is 9.97 Å². The smallest absolute Gasteiger partial charge is 0.239 e. The monoisotopic (exact) mass is 490 g/mol. The van der Waals surface area contributed by atoms with Crippen LogP contribution < -0.4 is 14.2 Å². The SMILES string of the molecule is COc1cccc(OC)c1-n1c(NSC(C)[C@H](C)c2ncc(Cl)cn2)nnc1C1CCCO1. The van der Waals surface area contributed by atoms with Crippen molar-refractivity contribution in [3.63, 3.8) is 0 Å². The first kappa shape index (κ1) is 23.6. The second-order valence-corrected chi connectivity index (χ2v) is 9.32. The van der Waals surface area contributed by atoms with Crippen LogP contribution in [0.3, 0.4) is 0 Å². The minimum absolute atomic E-state index is 0.0783. The molecular weight excluding hydrogens is 464 g/mol. The van der Waals surface area contributed by atoms with E-state index in [4.69, 9.17) is 25.8 Å². The van der Waals surface area contributed by atoms with Crippen LogP contribution in [0.1, 0.15) is 50.4 Å².